The van der Waals surface area contributed by atoms with Crippen molar-refractivity contribution in [2.75, 3.05) is 5.73 Å². The topological polar surface area (TPSA) is 49.8 Å². The van der Waals surface area contributed by atoms with Crippen LogP contribution in [0.5, 0.6) is 0 Å². The summed E-state index contributed by atoms with van der Waals surface area (Å²) in [5.74, 6) is 0. The molecule has 2 rings (SSSR count). The van der Waals surface area contributed by atoms with Crippen molar-refractivity contribution in [2.24, 2.45) is 0 Å². The minimum Gasteiger partial charge on any atom is -0.398 e. The molecule has 0 aliphatic rings. The highest BCUT2D eigenvalue weighted by molar-refractivity contribution is 7.19. The van der Waals surface area contributed by atoms with Gasteiger partial charge in [-0.2, -0.15) is 5.26 Å². The number of nitrogens with zero attached hydrogens (tertiary/aromatic N) is 1. The van der Waals surface area contributed by atoms with Gasteiger partial charge < -0.3 is 5.73 Å². The van der Waals surface area contributed by atoms with E-state index in [1.807, 2.05) is 25.1 Å². The van der Waals surface area contributed by atoms with Crippen molar-refractivity contribution in [3.8, 4) is 6.07 Å². The number of benzene rings is 1. The van der Waals surface area contributed by atoms with Gasteiger partial charge in [0.05, 0.1) is 0 Å². The summed E-state index contributed by atoms with van der Waals surface area (Å²) in [6.45, 7) is 1.98. The average Bonchev–Trinajstić information content (AvgIpc) is 2.55. The fraction of sp³-hybridized carbons (Fsp3) is 0.100. The van der Waals surface area contributed by atoms with E-state index in [1.54, 1.807) is 0 Å². The Morgan fingerprint density at radius 2 is 2.23 bits per heavy atom. The summed E-state index contributed by atoms with van der Waals surface area (Å²) in [6, 6.07) is 7.87. The van der Waals surface area contributed by atoms with E-state index in [-0.39, 0.29) is 0 Å². The highest BCUT2D eigenvalue weighted by atomic mass is 32.1. The van der Waals surface area contributed by atoms with Gasteiger partial charge in [-0.05, 0) is 30.0 Å². The zero-order valence-corrected chi connectivity index (χ0v) is 7.98. The lowest BCUT2D eigenvalue weighted by Crippen LogP contribution is -1.87. The molecule has 0 aliphatic heterocycles. The van der Waals surface area contributed by atoms with Crippen LogP contribution in [-0.4, -0.2) is 0 Å². The van der Waals surface area contributed by atoms with Crippen LogP contribution in [-0.2, 0) is 0 Å². The SMILES string of the molecule is Cc1c(N)ccc2cc(C#N)sc12. The summed E-state index contributed by atoms with van der Waals surface area (Å²) in [4.78, 5) is 0.740. The number of aryl methyl sites for hydroxylation is 1. The van der Waals surface area contributed by atoms with Crippen molar-refractivity contribution >= 4 is 27.1 Å². The van der Waals surface area contributed by atoms with Crippen LogP contribution in [0.3, 0.4) is 0 Å². The second-order valence-electron chi connectivity index (χ2n) is 2.92. The van der Waals surface area contributed by atoms with Gasteiger partial charge in [-0.1, -0.05) is 6.07 Å². The van der Waals surface area contributed by atoms with E-state index >= 15 is 0 Å². The van der Waals surface area contributed by atoms with Crippen molar-refractivity contribution in [2.45, 2.75) is 6.92 Å². The molecule has 0 atom stereocenters. The van der Waals surface area contributed by atoms with E-state index in [4.69, 9.17) is 11.0 Å². The van der Waals surface area contributed by atoms with Crippen LogP contribution >= 0.6 is 11.3 Å². The summed E-state index contributed by atoms with van der Waals surface area (Å²) in [5.41, 5.74) is 7.62. The molecule has 1 heterocycles. The van der Waals surface area contributed by atoms with Gasteiger partial charge in [-0.25, -0.2) is 0 Å². The third kappa shape index (κ3) is 1.16. The Balaban J connectivity index is 2.86. The summed E-state index contributed by atoms with van der Waals surface area (Å²) >= 11 is 1.50. The lowest BCUT2D eigenvalue weighted by atomic mass is 10.1. The Labute approximate surface area is 80.2 Å². The molecule has 1 aromatic heterocycles. The van der Waals surface area contributed by atoms with E-state index in [9.17, 15) is 0 Å². The van der Waals surface area contributed by atoms with Crippen LogP contribution in [0.1, 0.15) is 10.4 Å². The van der Waals surface area contributed by atoms with E-state index in [2.05, 4.69) is 6.07 Å². The van der Waals surface area contributed by atoms with E-state index < -0.39 is 0 Å². The Bertz CT molecular complexity index is 505. The maximum Gasteiger partial charge on any atom is 0.110 e. The Hall–Kier alpha value is -1.53. The van der Waals surface area contributed by atoms with Gasteiger partial charge in [-0.3, -0.25) is 0 Å². The molecule has 2 nitrogen and oxygen atoms in total. The smallest absolute Gasteiger partial charge is 0.110 e. The molecule has 0 amide bonds. The first-order valence-corrected chi connectivity index (χ1v) is 4.73. The van der Waals surface area contributed by atoms with Crippen molar-refractivity contribution < 1.29 is 0 Å². The zero-order chi connectivity index (χ0) is 9.42. The van der Waals surface area contributed by atoms with Crippen LogP contribution in [0, 0.1) is 18.3 Å². The number of anilines is 1. The number of rotatable bonds is 0. The molecule has 0 radical (unpaired) electrons. The number of hydrogen-bond acceptors (Lipinski definition) is 3. The quantitative estimate of drug-likeness (QED) is 0.646. The molecule has 0 spiro atoms. The molecule has 0 unspecified atom stereocenters. The van der Waals surface area contributed by atoms with Crippen molar-refractivity contribution in [1.82, 2.24) is 0 Å². The minimum absolute atomic E-state index is 0.740. The third-order valence-electron chi connectivity index (χ3n) is 2.09. The molecule has 0 aliphatic carbocycles. The summed E-state index contributed by atoms with van der Waals surface area (Å²) in [5, 5.41) is 9.83. The van der Waals surface area contributed by atoms with Gasteiger partial charge in [0.1, 0.15) is 10.9 Å². The van der Waals surface area contributed by atoms with Gasteiger partial charge >= 0.3 is 0 Å². The molecule has 0 bridgehead atoms. The van der Waals surface area contributed by atoms with Gasteiger partial charge in [0, 0.05) is 10.4 Å². The predicted octanol–water partition coefficient (Wildman–Crippen LogP) is 2.66. The van der Waals surface area contributed by atoms with Crippen LogP contribution in [0.4, 0.5) is 5.69 Å². The lowest BCUT2D eigenvalue weighted by Gasteiger charge is -1.99. The Morgan fingerprint density at radius 1 is 1.46 bits per heavy atom. The number of hydrogen-bond donors (Lipinski definition) is 1. The lowest BCUT2D eigenvalue weighted by molar-refractivity contribution is 1.52. The molecule has 13 heavy (non-hydrogen) atoms. The number of nitrogen functional groups attached to an aromatic ring is 1. The van der Waals surface area contributed by atoms with E-state index in [0.717, 1.165) is 26.2 Å². The molecule has 1 aromatic carbocycles. The zero-order valence-electron chi connectivity index (χ0n) is 7.16. The third-order valence-corrected chi connectivity index (χ3v) is 3.26. The van der Waals surface area contributed by atoms with Crippen LogP contribution < -0.4 is 5.73 Å². The number of thiophene rings is 1. The summed E-state index contributed by atoms with van der Waals surface area (Å²) < 4.78 is 1.12. The second-order valence-corrected chi connectivity index (χ2v) is 3.97. The number of nitrogens with two attached hydrogens (primary N) is 1. The molecular weight excluding hydrogens is 180 g/mol. The Kier molecular flexibility index (Phi) is 1.71. The van der Waals surface area contributed by atoms with E-state index in [0.29, 0.717) is 0 Å². The maximum atomic E-state index is 8.73. The fourth-order valence-corrected chi connectivity index (χ4v) is 2.28. The fourth-order valence-electron chi connectivity index (χ4n) is 1.31. The standard InChI is InChI=1S/C10H8N2S/c1-6-9(12)3-2-7-4-8(5-11)13-10(6)7/h2-4H,12H2,1H3. The second kappa shape index (κ2) is 2.75. The molecule has 3 heteroatoms. The first-order valence-electron chi connectivity index (χ1n) is 3.91. The predicted molar refractivity (Wildman–Crippen MR) is 55.7 cm³/mol. The van der Waals surface area contributed by atoms with Crippen LogP contribution in [0.15, 0.2) is 18.2 Å². The molecular formula is C10H8N2S. The minimum atomic E-state index is 0.740. The van der Waals surface area contributed by atoms with Crippen LogP contribution in [0.25, 0.3) is 10.1 Å². The van der Waals surface area contributed by atoms with Gasteiger partial charge in [0.15, 0.2) is 0 Å². The largest absolute Gasteiger partial charge is 0.398 e. The van der Waals surface area contributed by atoms with Gasteiger partial charge in [0.2, 0.25) is 0 Å². The molecule has 64 valence electrons. The molecule has 0 saturated carbocycles. The molecule has 0 fully saturated rings. The van der Waals surface area contributed by atoms with Crippen molar-refractivity contribution in [1.29, 1.82) is 5.26 Å². The number of nitriles is 1. The monoisotopic (exact) mass is 188 g/mol. The Morgan fingerprint density at radius 3 is 2.92 bits per heavy atom. The maximum absolute atomic E-state index is 8.73. The average molecular weight is 188 g/mol. The first kappa shape index (κ1) is 8.09. The molecule has 0 saturated heterocycles. The van der Waals surface area contributed by atoms with Crippen molar-refractivity contribution in [3.05, 3.63) is 28.6 Å². The van der Waals surface area contributed by atoms with E-state index in [1.165, 1.54) is 11.3 Å². The van der Waals surface area contributed by atoms with Crippen molar-refractivity contribution in [3.63, 3.8) is 0 Å². The number of fused-ring (bicyclic) bond motifs is 1. The van der Waals surface area contributed by atoms with Gasteiger partial charge in [-0.15, -0.1) is 11.3 Å². The molecule has 2 aromatic rings. The summed E-state index contributed by atoms with van der Waals surface area (Å²) in [7, 11) is 0. The first-order chi connectivity index (χ1) is 6.22. The molecule has 2 N–H and O–H groups in total. The normalized spacial score (nSPS) is 10.2. The van der Waals surface area contributed by atoms with Crippen LogP contribution in [0.2, 0.25) is 0 Å². The summed E-state index contributed by atoms with van der Waals surface area (Å²) in [6.07, 6.45) is 0. The highest BCUT2D eigenvalue weighted by Crippen LogP contribution is 2.30. The van der Waals surface area contributed by atoms with Gasteiger partial charge in [0.25, 0.3) is 0 Å². The highest BCUT2D eigenvalue weighted by Gasteiger charge is 2.05.